The Labute approximate surface area is 138 Å². The Morgan fingerprint density at radius 2 is 1.83 bits per heavy atom. The van der Waals surface area contributed by atoms with Crippen LogP contribution in [0.2, 0.25) is 0 Å². The summed E-state index contributed by atoms with van der Waals surface area (Å²) in [4.78, 5) is 2.06. The van der Waals surface area contributed by atoms with Gasteiger partial charge in [0.1, 0.15) is 12.4 Å². The Hall–Kier alpha value is -1.88. The van der Waals surface area contributed by atoms with Gasteiger partial charge in [-0.25, -0.2) is 0 Å². The first kappa shape index (κ1) is 17.5. The highest BCUT2D eigenvalue weighted by molar-refractivity contribution is 5.31. The molecule has 4 nitrogen and oxygen atoms in total. The summed E-state index contributed by atoms with van der Waals surface area (Å²) in [6.07, 6.45) is 0. The summed E-state index contributed by atoms with van der Waals surface area (Å²) in [6.45, 7) is 3.90. The van der Waals surface area contributed by atoms with Crippen LogP contribution in [0.3, 0.4) is 0 Å². The monoisotopic (exact) mass is 314 g/mol. The zero-order valence-electron chi connectivity index (χ0n) is 13.9. The van der Waals surface area contributed by atoms with Gasteiger partial charge in [0.25, 0.3) is 0 Å². The van der Waals surface area contributed by atoms with Crippen LogP contribution in [0.1, 0.15) is 22.7 Å². The van der Waals surface area contributed by atoms with Gasteiger partial charge in [-0.1, -0.05) is 36.4 Å². The van der Waals surface area contributed by atoms with Crippen LogP contribution >= 0.6 is 0 Å². The van der Waals surface area contributed by atoms with E-state index in [2.05, 4.69) is 24.0 Å². The van der Waals surface area contributed by atoms with Gasteiger partial charge >= 0.3 is 0 Å². The van der Waals surface area contributed by atoms with Crippen molar-refractivity contribution >= 4 is 0 Å². The fraction of sp³-hybridized carbons (Fsp3) is 0.368. The average molecular weight is 314 g/mol. The second kappa shape index (κ2) is 8.67. The van der Waals surface area contributed by atoms with Crippen molar-refractivity contribution in [3.8, 4) is 5.75 Å². The van der Waals surface area contributed by atoms with Crippen LogP contribution in [-0.4, -0.2) is 36.8 Å². The topological polar surface area (TPSA) is 58.7 Å². The molecule has 1 unspecified atom stereocenters. The zero-order valence-corrected chi connectivity index (χ0v) is 13.9. The lowest BCUT2D eigenvalue weighted by Crippen LogP contribution is -2.32. The standard InChI is InChI=1S/C19H26N2O2/c1-15-5-3-4-6-17(15)14-23-18-9-7-16(8-10-18)19(13-20)21(2)11-12-22/h3-10,19,22H,11-14,20H2,1-2H3. The van der Waals surface area contributed by atoms with E-state index in [0.29, 0.717) is 19.7 Å². The summed E-state index contributed by atoms with van der Waals surface area (Å²) in [5.41, 5.74) is 9.43. The predicted molar refractivity (Wildman–Crippen MR) is 93.5 cm³/mol. The van der Waals surface area contributed by atoms with Crippen LogP contribution in [0.4, 0.5) is 0 Å². The molecule has 0 bridgehead atoms. The van der Waals surface area contributed by atoms with Gasteiger partial charge in [0.05, 0.1) is 6.61 Å². The van der Waals surface area contributed by atoms with Gasteiger partial charge in [-0.15, -0.1) is 0 Å². The molecule has 1 atom stereocenters. The molecular weight excluding hydrogens is 288 g/mol. The number of nitrogens with two attached hydrogens (primary N) is 1. The number of hydrogen-bond acceptors (Lipinski definition) is 4. The van der Waals surface area contributed by atoms with Crippen molar-refractivity contribution in [1.82, 2.24) is 4.90 Å². The molecule has 3 N–H and O–H groups in total. The molecule has 0 amide bonds. The molecule has 0 spiro atoms. The number of rotatable bonds is 8. The van der Waals surface area contributed by atoms with Gasteiger partial charge in [-0.3, -0.25) is 4.90 Å². The summed E-state index contributed by atoms with van der Waals surface area (Å²) < 4.78 is 5.86. The van der Waals surface area contributed by atoms with Crippen molar-refractivity contribution < 1.29 is 9.84 Å². The van der Waals surface area contributed by atoms with Gasteiger partial charge in [0, 0.05) is 19.1 Å². The molecule has 0 fully saturated rings. The molecule has 2 aromatic carbocycles. The minimum Gasteiger partial charge on any atom is -0.489 e. The fourth-order valence-electron chi connectivity index (χ4n) is 2.60. The van der Waals surface area contributed by atoms with E-state index in [9.17, 15) is 0 Å². The van der Waals surface area contributed by atoms with Crippen molar-refractivity contribution in [3.05, 3.63) is 65.2 Å². The zero-order chi connectivity index (χ0) is 16.7. The molecule has 0 aliphatic rings. The molecule has 4 heteroatoms. The molecule has 23 heavy (non-hydrogen) atoms. The van der Waals surface area contributed by atoms with Crippen molar-refractivity contribution in [2.24, 2.45) is 5.73 Å². The second-order valence-corrected chi connectivity index (χ2v) is 5.74. The van der Waals surface area contributed by atoms with E-state index < -0.39 is 0 Å². The predicted octanol–water partition coefficient (Wildman–Crippen LogP) is 2.50. The Bertz CT molecular complexity index is 599. The molecule has 0 radical (unpaired) electrons. The van der Waals surface area contributed by atoms with Crippen LogP contribution in [0, 0.1) is 6.92 Å². The quantitative estimate of drug-likeness (QED) is 0.786. The van der Waals surface area contributed by atoms with E-state index in [4.69, 9.17) is 15.6 Å². The number of aliphatic hydroxyl groups is 1. The number of ether oxygens (including phenoxy) is 1. The number of aliphatic hydroxyl groups excluding tert-OH is 1. The SMILES string of the molecule is Cc1ccccc1COc1ccc(C(CN)N(C)CCO)cc1. The van der Waals surface area contributed by atoms with Crippen molar-refractivity contribution in [2.75, 3.05) is 26.7 Å². The highest BCUT2D eigenvalue weighted by atomic mass is 16.5. The number of likely N-dealkylation sites (N-methyl/N-ethyl adjacent to an activating group) is 1. The molecule has 0 saturated carbocycles. The van der Waals surface area contributed by atoms with E-state index in [1.54, 1.807) is 0 Å². The van der Waals surface area contributed by atoms with Gasteiger partial charge in [0.2, 0.25) is 0 Å². The van der Waals surface area contributed by atoms with E-state index in [-0.39, 0.29) is 12.6 Å². The number of hydrogen-bond donors (Lipinski definition) is 2. The normalized spacial score (nSPS) is 12.4. The minimum atomic E-state index is 0.104. The van der Waals surface area contributed by atoms with Gasteiger partial charge < -0.3 is 15.6 Å². The van der Waals surface area contributed by atoms with Gasteiger partial charge in [0.15, 0.2) is 0 Å². The molecular formula is C19H26N2O2. The lowest BCUT2D eigenvalue weighted by molar-refractivity contribution is 0.183. The van der Waals surface area contributed by atoms with E-state index in [0.717, 1.165) is 11.3 Å². The summed E-state index contributed by atoms with van der Waals surface area (Å²) in [6, 6.07) is 16.4. The third-order valence-electron chi connectivity index (χ3n) is 4.13. The van der Waals surface area contributed by atoms with Crippen molar-refractivity contribution in [1.29, 1.82) is 0 Å². The molecule has 0 aliphatic carbocycles. The lowest BCUT2D eigenvalue weighted by atomic mass is 10.1. The molecule has 2 aromatic rings. The van der Waals surface area contributed by atoms with Gasteiger partial charge in [-0.2, -0.15) is 0 Å². The molecule has 0 heterocycles. The smallest absolute Gasteiger partial charge is 0.119 e. The van der Waals surface area contributed by atoms with Crippen molar-refractivity contribution in [2.45, 2.75) is 19.6 Å². The maximum atomic E-state index is 9.07. The van der Waals surface area contributed by atoms with E-state index in [1.807, 2.05) is 43.4 Å². The highest BCUT2D eigenvalue weighted by Crippen LogP contribution is 2.22. The van der Waals surface area contributed by atoms with Crippen LogP contribution in [0.5, 0.6) is 5.75 Å². The first-order chi connectivity index (χ1) is 11.2. The van der Waals surface area contributed by atoms with E-state index in [1.165, 1.54) is 11.1 Å². The molecule has 0 aromatic heterocycles. The first-order valence-corrected chi connectivity index (χ1v) is 7.94. The Morgan fingerprint density at radius 1 is 1.13 bits per heavy atom. The Kier molecular flexibility index (Phi) is 6.59. The first-order valence-electron chi connectivity index (χ1n) is 7.94. The summed E-state index contributed by atoms with van der Waals surface area (Å²) in [7, 11) is 1.97. The maximum Gasteiger partial charge on any atom is 0.119 e. The molecule has 2 rings (SSSR count). The largest absolute Gasteiger partial charge is 0.489 e. The highest BCUT2D eigenvalue weighted by Gasteiger charge is 2.14. The summed E-state index contributed by atoms with van der Waals surface area (Å²) in [5.74, 6) is 0.845. The van der Waals surface area contributed by atoms with Gasteiger partial charge in [-0.05, 0) is 42.8 Å². The average Bonchev–Trinajstić information content (AvgIpc) is 2.56. The Morgan fingerprint density at radius 3 is 2.43 bits per heavy atom. The number of benzene rings is 2. The Balaban J connectivity index is 2.00. The number of nitrogens with zero attached hydrogens (tertiary/aromatic N) is 1. The van der Waals surface area contributed by atoms with E-state index >= 15 is 0 Å². The summed E-state index contributed by atoms with van der Waals surface area (Å²) >= 11 is 0. The molecule has 0 aliphatic heterocycles. The fourth-order valence-corrected chi connectivity index (χ4v) is 2.60. The molecule has 0 saturated heterocycles. The van der Waals surface area contributed by atoms with Crippen LogP contribution < -0.4 is 10.5 Å². The lowest BCUT2D eigenvalue weighted by Gasteiger charge is -2.26. The second-order valence-electron chi connectivity index (χ2n) is 5.74. The molecule has 124 valence electrons. The van der Waals surface area contributed by atoms with Crippen molar-refractivity contribution in [3.63, 3.8) is 0 Å². The number of aryl methyl sites for hydroxylation is 1. The van der Waals surface area contributed by atoms with Crippen LogP contribution in [-0.2, 0) is 6.61 Å². The minimum absolute atomic E-state index is 0.104. The summed E-state index contributed by atoms with van der Waals surface area (Å²) in [5, 5.41) is 9.07. The van der Waals surface area contributed by atoms with Crippen LogP contribution in [0.15, 0.2) is 48.5 Å². The third-order valence-corrected chi connectivity index (χ3v) is 4.13. The van der Waals surface area contributed by atoms with Crippen LogP contribution in [0.25, 0.3) is 0 Å². The third kappa shape index (κ3) is 4.79. The maximum absolute atomic E-state index is 9.07.